The van der Waals surface area contributed by atoms with Crippen LogP contribution in [0, 0.1) is 18.3 Å². The Morgan fingerprint density at radius 3 is 2.84 bits per heavy atom. The van der Waals surface area contributed by atoms with Gasteiger partial charge in [0.15, 0.2) is 0 Å². The van der Waals surface area contributed by atoms with Gasteiger partial charge in [-0.15, -0.1) is 0 Å². The highest BCUT2D eigenvalue weighted by Gasteiger charge is 2.11. The number of aromatic nitrogens is 2. The Hall–Kier alpha value is -1.99. The Morgan fingerprint density at radius 2 is 2.32 bits per heavy atom. The smallest absolute Gasteiger partial charge is 0.0992 e. The van der Waals surface area contributed by atoms with Gasteiger partial charge in [-0.25, -0.2) is 4.98 Å². The van der Waals surface area contributed by atoms with Gasteiger partial charge >= 0.3 is 0 Å². The summed E-state index contributed by atoms with van der Waals surface area (Å²) < 4.78 is 1.96. The molecule has 0 saturated heterocycles. The molecule has 0 aliphatic carbocycles. The predicted octanol–water partition coefficient (Wildman–Crippen LogP) is 2.79. The average molecular weight is 274 g/mol. The van der Waals surface area contributed by atoms with Crippen molar-refractivity contribution in [2.45, 2.75) is 6.54 Å². The van der Waals surface area contributed by atoms with Crippen LogP contribution in [0.15, 0.2) is 30.7 Å². The first-order valence-corrected chi connectivity index (χ1v) is 6.22. The number of rotatable bonds is 4. The largest absolute Gasteiger partial charge is 0.364 e. The molecule has 5 heteroatoms. The van der Waals surface area contributed by atoms with Gasteiger partial charge in [0.1, 0.15) is 0 Å². The molecule has 1 heterocycles. The van der Waals surface area contributed by atoms with Crippen molar-refractivity contribution in [1.29, 1.82) is 5.26 Å². The van der Waals surface area contributed by atoms with E-state index in [1.165, 1.54) is 0 Å². The minimum Gasteiger partial charge on any atom is -0.364 e. The molecule has 19 heavy (non-hydrogen) atoms. The van der Waals surface area contributed by atoms with E-state index < -0.39 is 0 Å². The lowest BCUT2D eigenvalue weighted by Crippen LogP contribution is -2.23. The Labute approximate surface area is 117 Å². The molecule has 0 saturated carbocycles. The van der Waals surface area contributed by atoms with Crippen LogP contribution < -0.4 is 4.90 Å². The minimum absolute atomic E-state index is 0.554. The molecular formula is C14H14ClN4. The summed E-state index contributed by atoms with van der Waals surface area (Å²) in [6, 6.07) is 7.35. The molecule has 2 aromatic rings. The van der Waals surface area contributed by atoms with E-state index in [0.29, 0.717) is 23.7 Å². The lowest BCUT2D eigenvalue weighted by Gasteiger charge is -2.24. The Morgan fingerprint density at radius 1 is 1.53 bits per heavy atom. The monoisotopic (exact) mass is 273 g/mol. The van der Waals surface area contributed by atoms with Gasteiger partial charge in [-0.05, 0) is 25.1 Å². The van der Waals surface area contributed by atoms with Crippen molar-refractivity contribution < 1.29 is 0 Å². The SMILES string of the molecule is [CH2]CN(Cc1cncn1C)c1ccc(C#N)cc1Cl. The minimum atomic E-state index is 0.554. The van der Waals surface area contributed by atoms with Gasteiger partial charge in [0, 0.05) is 19.8 Å². The highest BCUT2D eigenvalue weighted by atomic mass is 35.5. The Kier molecular flexibility index (Phi) is 4.08. The quantitative estimate of drug-likeness (QED) is 0.860. The number of imidazole rings is 1. The average Bonchev–Trinajstić information content (AvgIpc) is 2.81. The lowest BCUT2D eigenvalue weighted by atomic mass is 10.2. The molecule has 0 aliphatic rings. The summed E-state index contributed by atoms with van der Waals surface area (Å²) in [7, 11) is 1.95. The van der Waals surface area contributed by atoms with Crippen LogP contribution in [0.5, 0.6) is 0 Å². The summed E-state index contributed by atoms with van der Waals surface area (Å²) in [4.78, 5) is 6.13. The zero-order chi connectivity index (χ0) is 13.8. The van der Waals surface area contributed by atoms with Crippen molar-refractivity contribution in [1.82, 2.24) is 9.55 Å². The summed E-state index contributed by atoms with van der Waals surface area (Å²) in [6.07, 6.45) is 3.58. The van der Waals surface area contributed by atoms with E-state index in [-0.39, 0.29) is 0 Å². The third kappa shape index (κ3) is 2.88. The standard InChI is InChI=1S/C14H14ClN4/c1-3-19(9-12-8-17-10-18(12)2)14-5-4-11(7-16)6-13(14)15/h4-6,8,10H,1,3,9H2,2H3. The molecule has 0 fully saturated rings. The molecule has 4 nitrogen and oxygen atoms in total. The maximum absolute atomic E-state index is 8.85. The van der Waals surface area contributed by atoms with Crippen LogP contribution in [0.25, 0.3) is 0 Å². The molecule has 0 spiro atoms. The van der Waals surface area contributed by atoms with Crippen molar-refractivity contribution in [3.63, 3.8) is 0 Å². The number of nitriles is 1. The summed E-state index contributed by atoms with van der Waals surface area (Å²) in [5.41, 5.74) is 2.50. The van der Waals surface area contributed by atoms with Gasteiger partial charge in [0.2, 0.25) is 0 Å². The number of hydrogen-bond acceptors (Lipinski definition) is 3. The lowest BCUT2D eigenvalue weighted by molar-refractivity contribution is 0.768. The second kappa shape index (κ2) is 5.77. The molecule has 1 aromatic carbocycles. The fraction of sp³-hybridized carbons (Fsp3) is 0.214. The normalized spacial score (nSPS) is 10.2. The van der Waals surface area contributed by atoms with Crippen molar-refractivity contribution in [2.24, 2.45) is 7.05 Å². The highest BCUT2D eigenvalue weighted by Crippen LogP contribution is 2.27. The maximum Gasteiger partial charge on any atom is 0.0992 e. The van der Waals surface area contributed by atoms with E-state index in [1.807, 2.05) is 28.8 Å². The van der Waals surface area contributed by atoms with Crippen molar-refractivity contribution in [3.05, 3.63) is 53.9 Å². The van der Waals surface area contributed by atoms with Crippen molar-refractivity contribution in [2.75, 3.05) is 11.4 Å². The van der Waals surface area contributed by atoms with E-state index in [2.05, 4.69) is 18.0 Å². The van der Waals surface area contributed by atoms with Gasteiger partial charge in [-0.1, -0.05) is 11.6 Å². The van der Waals surface area contributed by atoms with Crippen LogP contribution in [0.3, 0.4) is 0 Å². The third-order valence-electron chi connectivity index (χ3n) is 2.96. The predicted molar refractivity (Wildman–Crippen MR) is 75.8 cm³/mol. The van der Waals surface area contributed by atoms with Crippen LogP contribution in [0.4, 0.5) is 5.69 Å². The summed E-state index contributed by atoms with van der Waals surface area (Å²) in [6.45, 7) is 5.18. The zero-order valence-corrected chi connectivity index (χ0v) is 11.4. The molecule has 0 bridgehead atoms. The molecule has 0 unspecified atom stereocenters. The van der Waals surface area contributed by atoms with E-state index in [1.54, 1.807) is 18.5 Å². The molecular weight excluding hydrogens is 260 g/mol. The van der Waals surface area contributed by atoms with Gasteiger partial charge in [0.05, 0.1) is 40.9 Å². The molecule has 97 valence electrons. The summed E-state index contributed by atoms with van der Waals surface area (Å²) >= 11 is 6.22. The van der Waals surface area contributed by atoms with Crippen LogP contribution in [0.2, 0.25) is 5.02 Å². The number of nitrogens with zero attached hydrogens (tertiary/aromatic N) is 4. The number of anilines is 1. The Bertz CT molecular complexity index is 612. The number of halogens is 1. The summed E-state index contributed by atoms with van der Waals surface area (Å²) in [5.74, 6) is 0. The second-order valence-electron chi connectivity index (χ2n) is 4.20. The van der Waals surface area contributed by atoms with E-state index in [0.717, 1.165) is 11.4 Å². The van der Waals surface area contributed by atoms with Gasteiger partial charge < -0.3 is 9.47 Å². The first-order valence-electron chi connectivity index (χ1n) is 5.84. The number of benzene rings is 1. The van der Waals surface area contributed by atoms with E-state index in [9.17, 15) is 0 Å². The topological polar surface area (TPSA) is 44.9 Å². The van der Waals surface area contributed by atoms with Gasteiger partial charge in [-0.3, -0.25) is 0 Å². The van der Waals surface area contributed by atoms with Crippen LogP contribution >= 0.6 is 11.6 Å². The second-order valence-corrected chi connectivity index (χ2v) is 4.60. The Balaban J connectivity index is 2.28. The molecule has 0 amide bonds. The fourth-order valence-corrected chi connectivity index (χ4v) is 2.15. The zero-order valence-electron chi connectivity index (χ0n) is 10.7. The van der Waals surface area contributed by atoms with Crippen LogP contribution in [-0.2, 0) is 13.6 Å². The number of aryl methyl sites for hydroxylation is 1. The summed E-state index contributed by atoms with van der Waals surface area (Å²) in [5, 5.41) is 9.41. The maximum atomic E-state index is 8.85. The number of hydrogen-bond donors (Lipinski definition) is 0. The first-order chi connectivity index (χ1) is 9.15. The van der Waals surface area contributed by atoms with Crippen molar-refractivity contribution in [3.8, 4) is 6.07 Å². The molecule has 1 radical (unpaired) electrons. The molecule has 0 aliphatic heterocycles. The fourth-order valence-electron chi connectivity index (χ4n) is 1.85. The molecule has 0 atom stereocenters. The van der Waals surface area contributed by atoms with E-state index >= 15 is 0 Å². The first kappa shape index (κ1) is 13.4. The van der Waals surface area contributed by atoms with Crippen LogP contribution in [-0.4, -0.2) is 16.1 Å². The molecule has 2 rings (SSSR count). The highest BCUT2D eigenvalue weighted by molar-refractivity contribution is 6.33. The third-order valence-corrected chi connectivity index (χ3v) is 3.26. The molecule has 0 N–H and O–H groups in total. The van der Waals surface area contributed by atoms with Gasteiger partial charge in [0.25, 0.3) is 0 Å². The van der Waals surface area contributed by atoms with Crippen LogP contribution in [0.1, 0.15) is 11.3 Å². The van der Waals surface area contributed by atoms with Gasteiger partial charge in [-0.2, -0.15) is 5.26 Å². The van der Waals surface area contributed by atoms with E-state index in [4.69, 9.17) is 16.9 Å². The van der Waals surface area contributed by atoms with Crippen molar-refractivity contribution >= 4 is 17.3 Å². The molecule has 1 aromatic heterocycles.